The number of unbranched alkanes of at least 4 members (excludes halogenated alkanes) is 10. The van der Waals surface area contributed by atoms with E-state index in [0.717, 1.165) is 19.3 Å². The Morgan fingerprint density at radius 2 is 1.45 bits per heavy atom. The van der Waals surface area contributed by atoms with Crippen molar-refractivity contribution in [2.45, 2.75) is 96.8 Å². The number of carbonyl (C=O) groups is 1. The molecule has 1 heterocycles. The van der Waals surface area contributed by atoms with Crippen LogP contribution in [-0.4, -0.2) is 12.6 Å². The van der Waals surface area contributed by atoms with Crippen molar-refractivity contribution in [3.05, 3.63) is 0 Å². The zero-order chi connectivity index (χ0) is 14.5. The van der Waals surface area contributed by atoms with Gasteiger partial charge in [0.15, 0.2) is 0 Å². The molecule has 2 nitrogen and oxygen atoms in total. The first kappa shape index (κ1) is 17.5. The van der Waals surface area contributed by atoms with E-state index in [2.05, 4.69) is 6.92 Å². The molecule has 1 aliphatic heterocycles. The van der Waals surface area contributed by atoms with Crippen molar-refractivity contribution in [2.24, 2.45) is 5.92 Å². The number of ether oxygens (including phenoxy) is 1. The van der Waals surface area contributed by atoms with Gasteiger partial charge in [-0.05, 0) is 19.3 Å². The monoisotopic (exact) mass is 282 g/mol. The van der Waals surface area contributed by atoms with E-state index >= 15 is 0 Å². The molecule has 1 saturated heterocycles. The third-order valence-corrected chi connectivity index (χ3v) is 4.43. The van der Waals surface area contributed by atoms with Gasteiger partial charge in [0.05, 0.1) is 12.5 Å². The third-order valence-electron chi connectivity index (χ3n) is 4.43. The second-order valence-corrected chi connectivity index (χ2v) is 6.33. The van der Waals surface area contributed by atoms with Gasteiger partial charge in [0.2, 0.25) is 0 Å². The predicted molar refractivity (Wildman–Crippen MR) is 84.8 cm³/mol. The van der Waals surface area contributed by atoms with Crippen LogP contribution in [0.1, 0.15) is 96.8 Å². The Hall–Kier alpha value is -0.530. The second-order valence-electron chi connectivity index (χ2n) is 6.33. The largest absolute Gasteiger partial charge is 0.465 e. The summed E-state index contributed by atoms with van der Waals surface area (Å²) in [5.41, 5.74) is 0. The fourth-order valence-electron chi connectivity index (χ4n) is 3.06. The summed E-state index contributed by atoms with van der Waals surface area (Å²) in [5.74, 6) is 0.269. The molecule has 0 aliphatic carbocycles. The van der Waals surface area contributed by atoms with Gasteiger partial charge in [-0.15, -0.1) is 0 Å². The molecule has 1 unspecified atom stereocenters. The molecule has 0 aromatic carbocycles. The van der Waals surface area contributed by atoms with Gasteiger partial charge in [0.1, 0.15) is 0 Å². The highest BCUT2D eigenvalue weighted by Crippen LogP contribution is 2.22. The SMILES string of the molecule is CCCCCCCCCCCCCC1CCCOC1=O. The summed E-state index contributed by atoms with van der Waals surface area (Å²) in [7, 11) is 0. The Kier molecular flexibility index (Phi) is 10.7. The van der Waals surface area contributed by atoms with Crippen LogP contribution in [0.3, 0.4) is 0 Å². The van der Waals surface area contributed by atoms with Crippen LogP contribution < -0.4 is 0 Å². The molecule has 0 bridgehead atoms. The topological polar surface area (TPSA) is 26.3 Å². The lowest BCUT2D eigenvalue weighted by Gasteiger charge is -2.20. The van der Waals surface area contributed by atoms with E-state index < -0.39 is 0 Å². The van der Waals surface area contributed by atoms with Crippen molar-refractivity contribution in [3.63, 3.8) is 0 Å². The highest BCUT2D eigenvalue weighted by molar-refractivity contribution is 5.72. The molecule has 1 aliphatic rings. The summed E-state index contributed by atoms with van der Waals surface area (Å²) in [6, 6.07) is 0. The van der Waals surface area contributed by atoms with Crippen molar-refractivity contribution in [1.82, 2.24) is 0 Å². The van der Waals surface area contributed by atoms with Crippen LogP contribution in [0.2, 0.25) is 0 Å². The third kappa shape index (κ3) is 8.60. The zero-order valence-electron chi connectivity index (χ0n) is 13.5. The zero-order valence-corrected chi connectivity index (χ0v) is 13.5. The van der Waals surface area contributed by atoms with E-state index in [1.165, 1.54) is 70.6 Å². The van der Waals surface area contributed by atoms with E-state index in [1.807, 2.05) is 0 Å². The Morgan fingerprint density at radius 3 is 2.00 bits per heavy atom. The number of hydrogen-bond acceptors (Lipinski definition) is 2. The number of esters is 1. The fourth-order valence-corrected chi connectivity index (χ4v) is 3.06. The van der Waals surface area contributed by atoms with Crippen LogP contribution in [0.25, 0.3) is 0 Å². The lowest BCUT2D eigenvalue weighted by Crippen LogP contribution is -2.23. The summed E-state index contributed by atoms with van der Waals surface area (Å²) in [5, 5.41) is 0. The number of rotatable bonds is 12. The Bertz CT molecular complexity index is 238. The van der Waals surface area contributed by atoms with Crippen molar-refractivity contribution >= 4 is 5.97 Å². The maximum Gasteiger partial charge on any atom is 0.308 e. The maximum atomic E-state index is 11.5. The molecule has 1 atom stereocenters. The summed E-state index contributed by atoms with van der Waals surface area (Å²) in [6.07, 6.45) is 18.2. The van der Waals surface area contributed by atoms with Gasteiger partial charge in [-0.2, -0.15) is 0 Å². The van der Waals surface area contributed by atoms with Crippen LogP contribution in [-0.2, 0) is 9.53 Å². The van der Waals surface area contributed by atoms with E-state index in [4.69, 9.17) is 4.74 Å². The number of cyclic esters (lactones) is 1. The Balaban J connectivity index is 1.79. The molecule has 0 saturated carbocycles. The standard InChI is InChI=1S/C18H34O2/c1-2-3-4-5-6-7-8-9-10-11-12-14-17-15-13-16-20-18(17)19/h17H,2-16H2,1H3. The molecule has 1 rings (SSSR count). The molecule has 118 valence electrons. The highest BCUT2D eigenvalue weighted by Gasteiger charge is 2.22. The normalized spacial score (nSPS) is 19.1. The van der Waals surface area contributed by atoms with Crippen molar-refractivity contribution < 1.29 is 9.53 Å². The first-order valence-corrected chi connectivity index (χ1v) is 9.01. The smallest absolute Gasteiger partial charge is 0.308 e. The van der Waals surface area contributed by atoms with Crippen LogP contribution in [0.4, 0.5) is 0 Å². The van der Waals surface area contributed by atoms with Gasteiger partial charge in [0, 0.05) is 0 Å². The minimum atomic E-state index is 0.0586. The van der Waals surface area contributed by atoms with Gasteiger partial charge >= 0.3 is 5.97 Å². The van der Waals surface area contributed by atoms with Gasteiger partial charge in [-0.1, -0.05) is 77.6 Å². The molecule has 0 N–H and O–H groups in total. The van der Waals surface area contributed by atoms with E-state index in [9.17, 15) is 4.79 Å². The molecular weight excluding hydrogens is 248 g/mol. The molecule has 0 aromatic rings. The molecule has 0 aromatic heterocycles. The maximum absolute atomic E-state index is 11.5. The van der Waals surface area contributed by atoms with Crippen LogP contribution >= 0.6 is 0 Å². The highest BCUT2D eigenvalue weighted by atomic mass is 16.5. The first-order chi connectivity index (χ1) is 9.84. The molecule has 0 amide bonds. The van der Waals surface area contributed by atoms with E-state index in [0.29, 0.717) is 6.61 Å². The summed E-state index contributed by atoms with van der Waals surface area (Å²) < 4.78 is 5.10. The van der Waals surface area contributed by atoms with E-state index in [1.54, 1.807) is 0 Å². The lowest BCUT2D eigenvalue weighted by molar-refractivity contribution is -0.153. The van der Waals surface area contributed by atoms with Crippen LogP contribution in [0, 0.1) is 5.92 Å². The van der Waals surface area contributed by atoms with Gasteiger partial charge in [-0.25, -0.2) is 0 Å². The van der Waals surface area contributed by atoms with Gasteiger partial charge in [0.25, 0.3) is 0 Å². The second kappa shape index (κ2) is 12.2. The van der Waals surface area contributed by atoms with E-state index in [-0.39, 0.29) is 11.9 Å². The van der Waals surface area contributed by atoms with Gasteiger partial charge in [-0.3, -0.25) is 4.79 Å². The molecule has 0 radical (unpaired) electrons. The molecular formula is C18H34O2. The van der Waals surface area contributed by atoms with Crippen LogP contribution in [0.5, 0.6) is 0 Å². The minimum Gasteiger partial charge on any atom is -0.465 e. The summed E-state index contributed by atoms with van der Waals surface area (Å²) >= 11 is 0. The van der Waals surface area contributed by atoms with Crippen molar-refractivity contribution in [1.29, 1.82) is 0 Å². The Morgan fingerprint density at radius 1 is 0.900 bits per heavy atom. The molecule has 2 heteroatoms. The lowest BCUT2D eigenvalue weighted by atomic mass is 9.94. The van der Waals surface area contributed by atoms with Crippen molar-refractivity contribution in [2.75, 3.05) is 6.61 Å². The average Bonchev–Trinajstić information content (AvgIpc) is 2.46. The average molecular weight is 282 g/mol. The summed E-state index contributed by atoms with van der Waals surface area (Å²) in [4.78, 5) is 11.5. The van der Waals surface area contributed by atoms with Gasteiger partial charge < -0.3 is 4.74 Å². The summed E-state index contributed by atoms with van der Waals surface area (Å²) in [6.45, 7) is 2.92. The minimum absolute atomic E-state index is 0.0586. The fraction of sp³-hybridized carbons (Fsp3) is 0.944. The first-order valence-electron chi connectivity index (χ1n) is 9.01. The molecule has 20 heavy (non-hydrogen) atoms. The van der Waals surface area contributed by atoms with Crippen molar-refractivity contribution in [3.8, 4) is 0 Å². The Labute approximate surface area is 125 Å². The quantitative estimate of drug-likeness (QED) is 0.342. The number of carbonyl (C=O) groups excluding carboxylic acids is 1. The van der Waals surface area contributed by atoms with Crippen LogP contribution in [0.15, 0.2) is 0 Å². The number of hydrogen-bond donors (Lipinski definition) is 0. The molecule has 0 spiro atoms. The molecule has 1 fully saturated rings. The predicted octanol–water partition coefficient (Wildman–Crippen LogP) is 5.64.